The first-order chi connectivity index (χ1) is 6.20. The Bertz CT molecular complexity index is 343. The van der Waals surface area contributed by atoms with Gasteiger partial charge in [-0.15, -0.1) is 0 Å². The number of hydrogen-bond acceptors (Lipinski definition) is 3. The SMILES string of the molecule is N#Cc1c(F)cccc1[C@@H](N)CN. The van der Waals surface area contributed by atoms with Gasteiger partial charge in [-0.3, -0.25) is 0 Å². The van der Waals surface area contributed by atoms with Gasteiger partial charge in [0.1, 0.15) is 11.9 Å². The summed E-state index contributed by atoms with van der Waals surface area (Å²) >= 11 is 0. The van der Waals surface area contributed by atoms with Crippen LogP contribution < -0.4 is 11.5 Å². The van der Waals surface area contributed by atoms with E-state index in [1.165, 1.54) is 12.1 Å². The first-order valence-corrected chi connectivity index (χ1v) is 3.85. The van der Waals surface area contributed by atoms with Crippen molar-refractivity contribution in [1.29, 1.82) is 5.26 Å². The Kier molecular flexibility index (Phi) is 2.96. The summed E-state index contributed by atoms with van der Waals surface area (Å²) in [6, 6.07) is 5.64. The fourth-order valence-corrected chi connectivity index (χ4v) is 1.09. The summed E-state index contributed by atoms with van der Waals surface area (Å²) < 4.78 is 13.0. The molecule has 13 heavy (non-hydrogen) atoms. The molecule has 0 spiro atoms. The maximum Gasteiger partial charge on any atom is 0.141 e. The lowest BCUT2D eigenvalue weighted by Crippen LogP contribution is -2.22. The third-order valence-electron chi connectivity index (χ3n) is 1.81. The van der Waals surface area contributed by atoms with Crippen LogP contribution in [-0.4, -0.2) is 6.54 Å². The fraction of sp³-hybridized carbons (Fsp3) is 0.222. The number of halogens is 1. The Labute approximate surface area is 75.8 Å². The first kappa shape index (κ1) is 9.65. The lowest BCUT2D eigenvalue weighted by molar-refractivity contribution is 0.615. The molecule has 0 aliphatic rings. The van der Waals surface area contributed by atoms with Crippen LogP contribution in [0.3, 0.4) is 0 Å². The van der Waals surface area contributed by atoms with Crippen LogP contribution in [0.25, 0.3) is 0 Å². The molecule has 1 aromatic carbocycles. The first-order valence-electron chi connectivity index (χ1n) is 3.85. The van der Waals surface area contributed by atoms with Crippen LogP contribution in [0.1, 0.15) is 17.2 Å². The topological polar surface area (TPSA) is 75.8 Å². The Morgan fingerprint density at radius 3 is 2.77 bits per heavy atom. The fourth-order valence-electron chi connectivity index (χ4n) is 1.09. The summed E-state index contributed by atoms with van der Waals surface area (Å²) in [5, 5.41) is 8.66. The number of rotatable bonds is 2. The largest absolute Gasteiger partial charge is 0.329 e. The number of nitrogens with two attached hydrogens (primary N) is 2. The van der Waals surface area contributed by atoms with Crippen molar-refractivity contribution in [3.8, 4) is 6.07 Å². The highest BCUT2D eigenvalue weighted by atomic mass is 19.1. The summed E-state index contributed by atoms with van der Waals surface area (Å²) in [5.41, 5.74) is 11.4. The summed E-state index contributed by atoms with van der Waals surface area (Å²) in [7, 11) is 0. The Morgan fingerprint density at radius 2 is 2.23 bits per heavy atom. The highest BCUT2D eigenvalue weighted by molar-refractivity contribution is 5.40. The molecule has 68 valence electrons. The normalized spacial score (nSPS) is 12.2. The molecule has 1 atom stereocenters. The van der Waals surface area contributed by atoms with E-state index >= 15 is 0 Å². The van der Waals surface area contributed by atoms with Crippen molar-refractivity contribution in [2.45, 2.75) is 6.04 Å². The summed E-state index contributed by atoms with van der Waals surface area (Å²) in [5.74, 6) is -0.552. The van der Waals surface area contributed by atoms with E-state index in [9.17, 15) is 4.39 Å². The minimum absolute atomic E-state index is 0.0135. The Balaban J connectivity index is 3.22. The average Bonchev–Trinajstić information content (AvgIpc) is 2.16. The zero-order chi connectivity index (χ0) is 9.84. The van der Waals surface area contributed by atoms with E-state index in [4.69, 9.17) is 16.7 Å². The maximum atomic E-state index is 13.0. The molecule has 0 aromatic heterocycles. The molecule has 0 saturated carbocycles. The van der Waals surface area contributed by atoms with Gasteiger partial charge in [0.2, 0.25) is 0 Å². The van der Waals surface area contributed by atoms with E-state index in [2.05, 4.69) is 0 Å². The van der Waals surface area contributed by atoms with Crippen LogP contribution in [-0.2, 0) is 0 Å². The molecular formula is C9H10FN3. The molecular weight excluding hydrogens is 169 g/mol. The minimum atomic E-state index is -0.552. The summed E-state index contributed by atoms with van der Waals surface area (Å²) in [4.78, 5) is 0. The molecule has 0 bridgehead atoms. The van der Waals surface area contributed by atoms with Crippen molar-refractivity contribution in [1.82, 2.24) is 0 Å². The quantitative estimate of drug-likeness (QED) is 0.700. The van der Waals surface area contributed by atoms with E-state index in [-0.39, 0.29) is 12.1 Å². The van der Waals surface area contributed by atoms with Gasteiger partial charge in [0.25, 0.3) is 0 Å². The highest BCUT2D eigenvalue weighted by Crippen LogP contribution is 2.17. The zero-order valence-corrected chi connectivity index (χ0v) is 7.00. The molecule has 3 nitrogen and oxygen atoms in total. The molecule has 4 heteroatoms. The van der Waals surface area contributed by atoms with E-state index in [0.717, 1.165) is 0 Å². The molecule has 0 heterocycles. The molecule has 0 radical (unpaired) electrons. The van der Waals surface area contributed by atoms with E-state index in [1.54, 1.807) is 12.1 Å². The lowest BCUT2D eigenvalue weighted by atomic mass is 10.0. The van der Waals surface area contributed by atoms with Gasteiger partial charge >= 0.3 is 0 Å². The number of hydrogen-bond donors (Lipinski definition) is 2. The van der Waals surface area contributed by atoms with Gasteiger partial charge in [0.15, 0.2) is 0 Å². The van der Waals surface area contributed by atoms with Crippen molar-refractivity contribution in [2.24, 2.45) is 11.5 Å². The number of benzene rings is 1. The van der Waals surface area contributed by atoms with Crippen LogP contribution in [0, 0.1) is 17.1 Å². The van der Waals surface area contributed by atoms with Crippen LogP contribution in [0.15, 0.2) is 18.2 Å². The van der Waals surface area contributed by atoms with Crippen LogP contribution in [0.4, 0.5) is 4.39 Å². The molecule has 0 fully saturated rings. The third-order valence-corrected chi connectivity index (χ3v) is 1.81. The van der Waals surface area contributed by atoms with Crippen LogP contribution in [0.2, 0.25) is 0 Å². The van der Waals surface area contributed by atoms with Gasteiger partial charge in [0, 0.05) is 12.6 Å². The average molecular weight is 179 g/mol. The second kappa shape index (κ2) is 3.99. The van der Waals surface area contributed by atoms with Gasteiger partial charge in [-0.05, 0) is 11.6 Å². The van der Waals surface area contributed by atoms with Crippen molar-refractivity contribution < 1.29 is 4.39 Å². The van der Waals surface area contributed by atoms with Gasteiger partial charge in [-0.1, -0.05) is 12.1 Å². The van der Waals surface area contributed by atoms with Gasteiger partial charge in [0.05, 0.1) is 5.56 Å². The summed E-state index contributed by atoms with van der Waals surface area (Å²) in [6.45, 7) is 0.193. The van der Waals surface area contributed by atoms with Crippen LogP contribution in [0.5, 0.6) is 0 Å². The van der Waals surface area contributed by atoms with Gasteiger partial charge in [-0.25, -0.2) is 4.39 Å². The monoisotopic (exact) mass is 179 g/mol. The smallest absolute Gasteiger partial charge is 0.141 e. The van der Waals surface area contributed by atoms with Crippen LogP contribution >= 0.6 is 0 Å². The van der Waals surface area contributed by atoms with E-state index in [0.29, 0.717) is 5.56 Å². The molecule has 0 aliphatic carbocycles. The van der Waals surface area contributed by atoms with Crippen molar-refractivity contribution in [3.05, 3.63) is 35.1 Å². The Morgan fingerprint density at radius 1 is 1.54 bits per heavy atom. The lowest BCUT2D eigenvalue weighted by Gasteiger charge is -2.10. The number of nitriles is 1. The Hall–Kier alpha value is -1.44. The third kappa shape index (κ3) is 1.83. The van der Waals surface area contributed by atoms with Crippen molar-refractivity contribution >= 4 is 0 Å². The molecule has 0 unspecified atom stereocenters. The van der Waals surface area contributed by atoms with E-state index < -0.39 is 11.9 Å². The standard InChI is InChI=1S/C9H10FN3/c10-8-3-1-2-6(7(8)4-11)9(13)5-12/h1-3,9H,5,12-13H2/t9-/m0/s1. The van der Waals surface area contributed by atoms with Gasteiger partial charge < -0.3 is 11.5 Å². The van der Waals surface area contributed by atoms with Crippen molar-refractivity contribution in [2.75, 3.05) is 6.54 Å². The van der Waals surface area contributed by atoms with E-state index in [1.807, 2.05) is 0 Å². The summed E-state index contributed by atoms with van der Waals surface area (Å²) in [6.07, 6.45) is 0. The predicted molar refractivity (Wildman–Crippen MR) is 47.1 cm³/mol. The van der Waals surface area contributed by atoms with Crippen molar-refractivity contribution in [3.63, 3.8) is 0 Å². The number of nitrogens with zero attached hydrogens (tertiary/aromatic N) is 1. The predicted octanol–water partition coefficient (Wildman–Crippen LogP) is 0.656. The van der Waals surface area contributed by atoms with Gasteiger partial charge in [-0.2, -0.15) is 5.26 Å². The molecule has 0 saturated heterocycles. The second-order valence-corrected chi connectivity index (χ2v) is 2.66. The molecule has 0 amide bonds. The molecule has 0 aliphatic heterocycles. The molecule has 4 N–H and O–H groups in total. The zero-order valence-electron chi connectivity index (χ0n) is 7.00. The highest BCUT2D eigenvalue weighted by Gasteiger charge is 2.12. The molecule has 1 rings (SSSR count). The molecule has 1 aromatic rings. The maximum absolute atomic E-state index is 13.0. The minimum Gasteiger partial charge on any atom is -0.329 e. The second-order valence-electron chi connectivity index (χ2n) is 2.66.